The summed E-state index contributed by atoms with van der Waals surface area (Å²) in [6, 6.07) is 15.1. The highest BCUT2D eigenvalue weighted by molar-refractivity contribution is 6.42. The Labute approximate surface area is 167 Å². The summed E-state index contributed by atoms with van der Waals surface area (Å²) >= 11 is 12.2. The largest absolute Gasteiger partial charge is 0.394 e. The Hall–Kier alpha value is -0.770. The highest BCUT2D eigenvalue weighted by Crippen LogP contribution is 2.42. The summed E-state index contributed by atoms with van der Waals surface area (Å²) in [5.74, 6) is 0.408. The van der Waals surface area contributed by atoms with Crippen molar-refractivity contribution in [3.05, 3.63) is 69.2 Å². The number of nitrogens with one attached hydrogen (secondary N) is 1. The van der Waals surface area contributed by atoms with Crippen molar-refractivity contribution in [1.29, 1.82) is 0 Å². The van der Waals surface area contributed by atoms with Gasteiger partial charge < -0.3 is 10.4 Å². The van der Waals surface area contributed by atoms with Crippen LogP contribution in [-0.2, 0) is 0 Å². The van der Waals surface area contributed by atoms with Crippen LogP contribution >= 0.6 is 35.6 Å². The van der Waals surface area contributed by atoms with E-state index >= 15 is 0 Å². The van der Waals surface area contributed by atoms with Gasteiger partial charge in [-0.15, -0.1) is 12.4 Å². The van der Waals surface area contributed by atoms with Crippen molar-refractivity contribution in [3.63, 3.8) is 0 Å². The number of hydrogen-bond acceptors (Lipinski definition) is 2. The second-order valence-electron chi connectivity index (χ2n) is 6.37. The summed E-state index contributed by atoms with van der Waals surface area (Å²) in [6.07, 6.45) is 2.10. The quantitative estimate of drug-likeness (QED) is 0.646. The number of rotatable bonds is 2. The van der Waals surface area contributed by atoms with Crippen molar-refractivity contribution in [2.24, 2.45) is 0 Å². The lowest BCUT2D eigenvalue weighted by Crippen LogP contribution is -2.24. The monoisotopic (exact) mass is 401 g/mol. The van der Waals surface area contributed by atoms with E-state index in [1.54, 1.807) is 13.8 Å². The van der Waals surface area contributed by atoms with Crippen molar-refractivity contribution < 1.29 is 5.11 Å². The average Bonchev–Trinajstić information content (AvgIpc) is 2.56. The van der Waals surface area contributed by atoms with Crippen LogP contribution in [0.25, 0.3) is 0 Å². The molecule has 2 aromatic rings. The zero-order chi connectivity index (χ0) is 17.7. The van der Waals surface area contributed by atoms with Gasteiger partial charge in [0.1, 0.15) is 0 Å². The van der Waals surface area contributed by atoms with E-state index in [9.17, 15) is 0 Å². The molecule has 0 heterocycles. The van der Waals surface area contributed by atoms with Gasteiger partial charge in [-0.05, 0) is 62.6 Å². The topological polar surface area (TPSA) is 32.3 Å². The first-order chi connectivity index (χ1) is 11.4. The predicted octanol–water partition coefficient (Wildman–Crippen LogP) is 5.99. The van der Waals surface area contributed by atoms with E-state index in [-0.39, 0.29) is 18.5 Å². The smallest absolute Gasteiger partial charge is 0.0595 e. The predicted molar refractivity (Wildman–Crippen MR) is 110 cm³/mol. The third-order valence-corrected chi connectivity index (χ3v) is 4.92. The minimum Gasteiger partial charge on any atom is -0.394 e. The second-order valence-corrected chi connectivity index (χ2v) is 7.18. The molecule has 3 rings (SSSR count). The van der Waals surface area contributed by atoms with Gasteiger partial charge in [-0.1, -0.05) is 53.5 Å². The second kappa shape index (κ2) is 10.4. The molecule has 0 saturated carbocycles. The molecule has 138 valence electrons. The summed E-state index contributed by atoms with van der Waals surface area (Å²) < 4.78 is 0. The molecular weight excluding hydrogens is 377 g/mol. The number of benzene rings is 2. The molecule has 2 nitrogen and oxygen atoms in total. The molecule has 2 aromatic carbocycles. The van der Waals surface area contributed by atoms with Crippen LogP contribution < -0.4 is 5.32 Å². The molecule has 2 atom stereocenters. The molecule has 1 aliphatic rings. The molecule has 0 amide bonds. The highest BCUT2D eigenvalue weighted by atomic mass is 35.5. The molecule has 0 saturated heterocycles. The Balaban J connectivity index is 0.000000568. The van der Waals surface area contributed by atoms with Crippen molar-refractivity contribution in [3.8, 4) is 0 Å². The molecule has 0 spiro atoms. The van der Waals surface area contributed by atoms with Gasteiger partial charge in [0.15, 0.2) is 0 Å². The maximum absolute atomic E-state index is 8.06. The zero-order valence-electron chi connectivity index (χ0n) is 14.8. The molecule has 5 heteroatoms. The van der Waals surface area contributed by atoms with Gasteiger partial charge >= 0.3 is 0 Å². The van der Waals surface area contributed by atoms with Crippen LogP contribution in [0.1, 0.15) is 55.3 Å². The van der Waals surface area contributed by atoms with E-state index in [4.69, 9.17) is 28.3 Å². The van der Waals surface area contributed by atoms with Crippen LogP contribution in [0, 0.1) is 0 Å². The normalized spacial score (nSPS) is 18.7. The van der Waals surface area contributed by atoms with Crippen LogP contribution in [0.4, 0.5) is 0 Å². The van der Waals surface area contributed by atoms with Crippen LogP contribution in [0.2, 0.25) is 10.0 Å². The summed E-state index contributed by atoms with van der Waals surface area (Å²) in [5.41, 5.74) is 4.05. The van der Waals surface area contributed by atoms with E-state index in [2.05, 4.69) is 35.6 Å². The molecule has 0 unspecified atom stereocenters. The van der Waals surface area contributed by atoms with E-state index in [1.807, 2.05) is 19.2 Å². The molecule has 0 aliphatic heterocycles. The Kier molecular flexibility index (Phi) is 9.26. The summed E-state index contributed by atoms with van der Waals surface area (Å²) in [7, 11) is 2.03. The van der Waals surface area contributed by atoms with Crippen LogP contribution in [0.15, 0.2) is 42.5 Å². The van der Waals surface area contributed by atoms with E-state index in [1.165, 1.54) is 16.7 Å². The fourth-order valence-electron chi connectivity index (χ4n) is 3.17. The zero-order valence-corrected chi connectivity index (χ0v) is 17.1. The number of aliphatic hydroxyl groups excluding tert-OH is 1. The Bertz CT molecular complexity index is 673. The van der Waals surface area contributed by atoms with Crippen molar-refractivity contribution in [2.75, 3.05) is 7.05 Å². The van der Waals surface area contributed by atoms with Crippen molar-refractivity contribution >= 4 is 35.6 Å². The SMILES string of the molecule is CC(C)O.CN[C@H]1CC[C@@H](c2ccc(Cl)c(Cl)c2)c2ccccc21.Cl. The van der Waals surface area contributed by atoms with E-state index in [0.29, 0.717) is 22.0 Å². The minimum atomic E-state index is -0.167. The van der Waals surface area contributed by atoms with Gasteiger partial charge in [0, 0.05) is 18.1 Å². The van der Waals surface area contributed by atoms with Crippen LogP contribution in [0.5, 0.6) is 0 Å². The molecule has 2 N–H and O–H groups in total. The van der Waals surface area contributed by atoms with Gasteiger partial charge in [0.25, 0.3) is 0 Å². The summed E-state index contributed by atoms with van der Waals surface area (Å²) in [4.78, 5) is 0. The highest BCUT2D eigenvalue weighted by Gasteiger charge is 2.27. The molecule has 0 bridgehead atoms. The minimum absolute atomic E-state index is 0. The fraction of sp³-hybridized carbons (Fsp3) is 0.400. The Morgan fingerprint density at radius 2 is 1.60 bits per heavy atom. The van der Waals surface area contributed by atoms with Crippen molar-refractivity contribution in [2.45, 2.75) is 44.8 Å². The van der Waals surface area contributed by atoms with E-state index < -0.39 is 0 Å². The van der Waals surface area contributed by atoms with Crippen LogP contribution in [-0.4, -0.2) is 18.3 Å². The lowest BCUT2D eigenvalue weighted by molar-refractivity contribution is 0.216. The fourth-order valence-corrected chi connectivity index (χ4v) is 3.47. The van der Waals surface area contributed by atoms with Crippen LogP contribution in [0.3, 0.4) is 0 Å². The first-order valence-electron chi connectivity index (χ1n) is 8.33. The molecular formula is C20H26Cl3NO. The third kappa shape index (κ3) is 5.87. The van der Waals surface area contributed by atoms with E-state index in [0.717, 1.165) is 12.8 Å². The first kappa shape index (κ1) is 22.3. The maximum Gasteiger partial charge on any atom is 0.0595 e. The van der Waals surface area contributed by atoms with Gasteiger partial charge in [-0.3, -0.25) is 0 Å². The first-order valence-corrected chi connectivity index (χ1v) is 9.08. The lowest BCUT2D eigenvalue weighted by atomic mass is 9.77. The molecule has 0 fully saturated rings. The summed E-state index contributed by atoms with van der Waals surface area (Å²) in [5, 5.41) is 12.7. The standard InChI is InChI=1S/C17H17Cl2N.C3H8O.ClH/c1-20-17-9-7-12(13-4-2-3-5-14(13)17)11-6-8-15(18)16(19)10-11;1-3(2)4;/h2-6,8,10,12,17,20H,7,9H2,1H3;3-4H,1-2H3;1H/t12-,17-;;/m0../s1. The molecule has 0 aromatic heterocycles. The Morgan fingerprint density at radius 3 is 2.16 bits per heavy atom. The summed E-state index contributed by atoms with van der Waals surface area (Å²) in [6.45, 7) is 3.44. The maximum atomic E-state index is 8.06. The van der Waals surface area contributed by atoms with Gasteiger partial charge in [0.2, 0.25) is 0 Å². The third-order valence-electron chi connectivity index (χ3n) is 4.19. The number of halogens is 3. The van der Waals surface area contributed by atoms with Crippen molar-refractivity contribution in [1.82, 2.24) is 5.32 Å². The average molecular weight is 403 g/mol. The van der Waals surface area contributed by atoms with Gasteiger partial charge in [-0.25, -0.2) is 0 Å². The number of aliphatic hydroxyl groups is 1. The Morgan fingerprint density at radius 1 is 1.00 bits per heavy atom. The van der Waals surface area contributed by atoms with Gasteiger partial charge in [-0.2, -0.15) is 0 Å². The van der Waals surface area contributed by atoms with Gasteiger partial charge in [0.05, 0.1) is 10.0 Å². The number of fused-ring (bicyclic) bond motifs is 1. The lowest BCUT2D eigenvalue weighted by Gasteiger charge is -2.32. The molecule has 1 aliphatic carbocycles. The number of hydrogen-bond donors (Lipinski definition) is 2. The molecule has 25 heavy (non-hydrogen) atoms. The molecule has 0 radical (unpaired) electrons.